The second-order valence-electron chi connectivity index (χ2n) is 5.38. The maximum atomic E-state index is 14.2. The average Bonchev–Trinajstić information content (AvgIpc) is 2.69. The SMILES string of the molecule is CC(C)c1cc(Br)c(F)c(C2(N)CCCC2)c1. The van der Waals surface area contributed by atoms with Gasteiger partial charge in [-0.3, -0.25) is 0 Å². The van der Waals surface area contributed by atoms with Crippen molar-refractivity contribution in [3.63, 3.8) is 0 Å². The molecule has 94 valence electrons. The Bertz CT molecular complexity index is 422. The maximum Gasteiger partial charge on any atom is 0.142 e. The van der Waals surface area contributed by atoms with Crippen LogP contribution in [0.15, 0.2) is 16.6 Å². The van der Waals surface area contributed by atoms with Gasteiger partial charge >= 0.3 is 0 Å². The summed E-state index contributed by atoms with van der Waals surface area (Å²) in [4.78, 5) is 0. The van der Waals surface area contributed by atoms with Gasteiger partial charge in [-0.2, -0.15) is 0 Å². The van der Waals surface area contributed by atoms with Crippen LogP contribution in [0, 0.1) is 5.82 Å². The first kappa shape index (κ1) is 13.0. The molecular formula is C14H19BrFN. The molecular weight excluding hydrogens is 281 g/mol. The van der Waals surface area contributed by atoms with Crippen molar-refractivity contribution in [2.24, 2.45) is 5.73 Å². The Morgan fingerprint density at radius 3 is 2.41 bits per heavy atom. The molecule has 1 saturated carbocycles. The van der Waals surface area contributed by atoms with Crippen LogP contribution < -0.4 is 5.73 Å². The van der Waals surface area contributed by atoms with Crippen LogP contribution in [-0.4, -0.2) is 0 Å². The molecule has 0 radical (unpaired) electrons. The fourth-order valence-electron chi connectivity index (χ4n) is 2.58. The zero-order valence-corrected chi connectivity index (χ0v) is 12.0. The molecule has 0 aliphatic heterocycles. The van der Waals surface area contributed by atoms with Crippen molar-refractivity contribution in [2.75, 3.05) is 0 Å². The smallest absolute Gasteiger partial charge is 0.142 e. The van der Waals surface area contributed by atoms with Crippen LogP contribution >= 0.6 is 15.9 Å². The van der Waals surface area contributed by atoms with Crippen LogP contribution in [0.4, 0.5) is 4.39 Å². The van der Waals surface area contributed by atoms with Crippen molar-refractivity contribution in [2.45, 2.75) is 51.0 Å². The van der Waals surface area contributed by atoms with E-state index in [4.69, 9.17) is 5.73 Å². The number of benzene rings is 1. The summed E-state index contributed by atoms with van der Waals surface area (Å²) in [5.41, 5.74) is 7.73. The van der Waals surface area contributed by atoms with E-state index in [1.54, 1.807) is 0 Å². The Morgan fingerprint density at radius 1 is 1.29 bits per heavy atom. The quantitative estimate of drug-likeness (QED) is 0.858. The van der Waals surface area contributed by atoms with E-state index >= 15 is 0 Å². The van der Waals surface area contributed by atoms with Gasteiger partial charge in [0, 0.05) is 11.1 Å². The van der Waals surface area contributed by atoms with Gasteiger partial charge in [0.15, 0.2) is 0 Å². The highest BCUT2D eigenvalue weighted by molar-refractivity contribution is 9.10. The van der Waals surface area contributed by atoms with Crippen LogP contribution in [0.1, 0.15) is 56.6 Å². The molecule has 0 atom stereocenters. The first-order valence-electron chi connectivity index (χ1n) is 6.22. The van der Waals surface area contributed by atoms with Crippen LogP contribution in [0.2, 0.25) is 0 Å². The van der Waals surface area contributed by atoms with E-state index in [9.17, 15) is 4.39 Å². The Hall–Kier alpha value is -0.410. The minimum absolute atomic E-state index is 0.182. The number of hydrogen-bond donors (Lipinski definition) is 1. The molecule has 1 aliphatic carbocycles. The van der Waals surface area contributed by atoms with Gasteiger partial charge in [-0.15, -0.1) is 0 Å². The minimum Gasteiger partial charge on any atom is -0.321 e. The molecule has 2 rings (SSSR count). The molecule has 1 aromatic rings. The van der Waals surface area contributed by atoms with Gasteiger partial charge in [-0.05, 0) is 46.3 Å². The lowest BCUT2D eigenvalue weighted by molar-refractivity contribution is 0.431. The normalized spacial score (nSPS) is 18.9. The third-order valence-corrected chi connectivity index (χ3v) is 4.33. The first-order chi connectivity index (χ1) is 7.94. The Balaban J connectivity index is 2.52. The van der Waals surface area contributed by atoms with Crippen LogP contribution in [0.25, 0.3) is 0 Å². The monoisotopic (exact) mass is 299 g/mol. The number of nitrogens with two attached hydrogens (primary N) is 1. The van der Waals surface area contributed by atoms with E-state index in [2.05, 4.69) is 29.8 Å². The molecule has 0 aromatic heterocycles. The molecule has 17 heavy (non-hydrogen) atoms. The van der Waals surface area contributed by atoms with Gasteiger partial charge in [0.25, 0.3) is 0 Å². The molecule has 0 spiro atoms. The number of halogens is 2. The van der Waals surface area contributed by atoms with E-state index < -0.39 is 5.54 Å². The molecule has 2 N–H and O–H groups in total. The highest BCUT2D eigenvalue weighted by atomic mass is 79.9. The fourth-order valence-corrected chi connectivity index (χ4v) is 3.06. The molecule has 0 bridgehead atoms. The van der Waals surface area contributed by atoms with Crippen molar-refractivity contribution >= 4 is 15.9 Å². The largest absolute Gasteiger partial charge is 0.321 e. The Kier molecular flexibility index (Phi) is 3.60. The fraction of sp³-hybridized carbons (Fsp3) is 0.571. The van der Waals surface area contributed by atoms with Crippen LogP contribution in [0.5, 0.6) is 0 Å². The van der Waals surface area contributed by atoms with E-state index in [1.165, 1.54) is 0 Å². The highest BCUT2D eigenvalue weighted by Gasteiger charge is 2.34. The molecule has 3 heteroatoms. The van der Waals surface area contributed by atoms with Gasteiger partial charge in [-0.1, -0.05) is 32.8 Å². The van der Waals surface area contributed by atoms with E-state index in [0.29, 0.717) is 16.0 Å². The summed E-state index contributed by atoms with van der Waals surface area (Å²) in [5.74, 6) is 0.203. The van der Waals surface area contributed by atoms with Crippen LogP contribution in [0.3, 0.4) is 0 Å². The van der Waals surface area contributed by atoms with Crippen molar-refractivity contribution < 1.29 is 4.39 Å². The van der Waals surface area contributed by atoms with Crippen molar-refractivity contribution in [3.8, 4) is 0 Å². The minimum atomic E-state index is -0.461. The lowest BCUT2D eigenvalue weighted by Gasteiger charge is -2.26. The molecule has 0 unspecified atom stereocenters. The van der Waals surface area contributed by atoms with Gasteiger partial charge in [0.1, 0.15) is 5.82 Å². The maximum absolute atomic E-state index is 14.2. The predicted octanol–water partition coefficient (Wildman–Crippen LogP) is 4.44. The van der Waals surface area contributed by atoms with Gasteiger partial charge in [0.05, 0.1) is 4.47 Å². The third-order valence-electron chi connectivity index (χ3n) is 3.75. The predicted molar refractivity (Wildman–Crippen MR) is 72.5 cm³/mol. The summed E-state index contributed by atoms with van der Waals surface area (Å²) in [6.45, 7) is 4.22. The second kappa shape index (κ2) is 4.69. The van der Waals surface area contributed by atoms with E-state index in [-0.39, 0.29) is 5.82 Å². The Labute approximate surface area is 111 Å². The van der Waals surface area contributed by atoms with E-state index in [1.807, 2.05) is 12.1 Å². The molecule has 1 nitrogen and oxygen atoms in total. The van der Waals surface area contributed by atoms with Gasteiger partial charge in [-0.25, -0.2) is 4.39 Å². The van der Waals surface area contributed by atoms with Crippen molar-refractivity contribution in [3.05, 3.63) is 33.5 Å². The van der Waals surface area contributed by atoms with Crippen LogP contribution in [-0.2, 0) is 5.54 Å². The summed E-state index contributed by atoms with van der Waals surface area (Å²) in [6, 6.07) is 3.82. The van der Waals surface area contributed by atoms with E-state index in [0.717, 1.165) is 31.2 Å². The second-order valence-corrected chi connectivity index (χ2v) is 6.24. The van der Waals surface area contributed by atoms with Gasteiger partial charge in [0.2, 0.25) is 0 Å². The number of rotatable bonds is 2. The summed E-state index contributed by atoms with van der Waals surface area (Å²) in [7, 11) is 0. The summed E-state index contributed by atoms with van der Waals surface area (Å²) < 4.78 is 14.8. The van der Waals surface area contributed by atoms with Crippen molar-refractivity contribution in [1.29, 1.82) is 0 Å². The molecule has 1 aliphatic rings. The van der Waals surface area contributed by atoms with Crippen molar-refractivity contribution in [1.82, 2.24) is 0 Å². The topological polar surface area (TPSA) is 26.0 Å². The number of hydrogen-bond acceptors (Lipinski definition) is 1. The highest BCUT2D eigenvalue weighted by Crippen LogP contribution is 2.40. The molecule has 1 fully saturated rings. The lowest BCUT2D eigenvalue weighted by atomic mass is 9.86. The summed E-state index contributed by atoms with van der Waals surface area (Å²) in [5, 5.41) is 0. The molecule has 0 amide bonds. The van der Waals surface area contributed by atoms with Gasteiger partial charge < -0.3 is 5.73 Å². The first-order valence-corrected chi connectivity index (χ1v) is 7.01. The summed E-state index contributed by atoms with van der Waals surface area (Å²) in [6.07, 6.45) is 3.97. The average molecular weight is 300 g/mol. The molecule has 0 saturated heterocycles. The zero-order valence-electron chi connectivity index (χ0n) is 10.4. The standard InChI is InChI=1S/C14H19BrFN/c1-9(2)10-7-11(13(16)12(15)8-10)14(17)5-3-4-6-14/h7-9H,3-6,17H2,1-2H3. The Morgan fingerprint density at radius 2 is 1.88 bits per heavy atom. The molecule has 1 aromatic carbocycles. The summed E-state index contributed by atoms with van der Waals surface area (Å²) >= 11 is 3.31. The third kappa shape index (κ3) is 2.41. The molecule has 0 heterocycles. The zero-order chi connectivity index (χ0) is 12.6. The lowest BCUT2D eigenvalue weighted by Crippen LogP contribution is -2.34.